The maximum absolute atomic E-state index is 12.2. The number of carbonyl (C=O) groups excluding carboxylic acids is 1. The molecule has 0 aliphatic heterocycles. The zero-order chi connectivity index (χ0) is 18.4. The Labute approximate surface area is 151 Å². The lowest BCUT2D eigenvalue weighted by Crippen LogP contribution is -2.25. The summed E-state index contributed by atoms with van der Waals surface area (Å²) in [5, 5.41) is 16.1. The summed E-state index contributed by atoms with van der Waals surface area (Å²) in [6.07, 6.45) is 1.22. The highest BCUT2D eigenvalue weighted by Gasteiger charge is 2.09. The number of nitrogens with one attached hydrogen (secondary N) is 1. The fourth-order valence-electron chi connectivity index (χ4n) is 2.66. The van der Waals surface area contributed by atoms with E-state index in [4.69, 9.17) is 4.52 Å². The number of amides is 1. The average molecular weight is 351 g/mol. The summed E-state index contributed by atoms with van der Waals surface area (Å²) in [7, 11) is 0. The first-order valence-electron chi connectivity index (χ1n) is 8.60. The molecule has 0 radical (unpaired) electrons. The Hall–Kier alpha value is -2.99. The Morgan fingerprint density at radius 1 is 1.15 bits per heavy atom. The van der Waals surface area contributed by atoms with Crippen LogP contribution in [0.25, 0.3) is 11.1 Å². The largest absolute Gasteiger partial charge is 0.392 e. The van der Waals surface area contributed by atoms with E-state index in [1.807, 2.05) is 43.3 Å². The second kappa shape index (κ2) is 8.40. The number of hydrogen-bond acceptors (Lipinski definition) is 5. The highest BCUT2D eigenvalue weighted by atomic mass is 16.5. The van der Waals surface area contributed by atoms with E-state index in [1.165, 1.54) is 0 Å². The van der Waals surface area contributed by atoms with Gasteiger partial charge < -0.3 is 14.9 Å². The molecule has 0 atom stereocenters. The first-order valence-corrected chi connectivity index (χ1v) is 8.60. The molecule has 0 aliphatic rings. The SMILES string of the molecule is CCc1noc(CCNC(=O)c2ccc(-c3ccccc3CO)cc2)n1. The summed E-state index contributed by atoms with van der Waals surface area (Å²) in [4.78, 5) is 16.5. The number of aliphatic hydroxyl groups is 1. The molecule has 2 aromatic carbocycles. The Morgan fingerprint density at radius 2 is 1.92 bits per heavy atom. The van der Waals surface area contributed by atoms with Gasteiger partial charge in [0.15, 0.2) is 5.82 Å². The van der Waals surface area contributed by atoms with Crippen molar-refractivity contribution in [1.29, 1.82) is 0 Å². The zero-order valence-electron chi connectivity index (χ0n) is 14.6. The van der Waals surface area contributed by atoms with Gasteiger partial charge in [0.2, 0.25) is 5.89 Å². The summed E-state index contributed by atoms with van der Waals surface area (Å²) in [6.45, 7) is 2.37. The van der Waals surface area contributed by atoms with E-state index in [1.54, 1.807) is 12.1 Å². The van der Waals surface area contributed by atoms with Crippen LogP contribution in [-0.4, -0.2) is 27.7 Å². The lowest BCUT2D eigenvalue weighted by molar-refractivity contribution is 0.0953. The first-order chi connectivity index (χ1) is 12.7. The van der Waals surface area contributed by atoms with Crippen molar-refractivity contribution in [2.45, 2.75) is 26.4 Å². The van der Waals surface area contributed by atoms with Gasteiger partial charge in [-0.3, -0.25) is 4.79 Å². The van der Waals surface area contributed by atoms with Crippen LogP contribution in [0.1, 0.15) is 34.6 Å². The molecule has 134 valence electrons. The quantitative estimate of drug-likeness (QED) is 0.683. The van der Waals surface area contributed by atoms with Gasteiger partial charge in [-0.2, -0.15) is 4.98 Å². The van der Waals surface area contributed by atoms with E-state index in [0.717, 1.165) is 23.1 Å². The van der Waals surface area contributed by atoms with Crippen molar-refractivity contribution in [3.05, 3.63) is 71.4 Å². The van der Waals surface area contributed by atoms with Gasteiger partial charge in [0, 0.05) is 24.9 Å². The van der Waals surface area contributed by atoms with Crippen LogP contribution in [-0.2, 0) is 19.4 Å². The van der Waals surface area contributed by atoms with Gasteiger partial charge in [-0.05, 0) is 28.8 Å². The minimum absolute atomic E-state index is 0.0200. The second-order valence-electron chi connectivity index (χ2n) is 5.86. The van der Waals surface area contributed by atoms with Crippen molar-refractivity contribution in [1.82, 2.24) is 15.5 Å². The van der Waals surface area contributed by atoms with Crippen molar-refractivity contribution >= 4 is 5.91 Å². The van der Waals surface area contributed by atoms with Crippen molar-refractivity contribution in [2.24, 2.45) is 0 Å². The predicted molar refractivity (Wildman–Crippen MR) is 97.5 cm³/mol. The van der Waals surface area contributed by atoms with E-state index >= 15 is 0 Å². The summed E-state index contributed by atoms with van der Waals surface area (Å²) in [6, 6.07) is 15.0. The number of rotatable bonds is 7. The highest BCUT2D eigenvalue weighted by Crippen LogP contribution is 2.24. The lowest BCUT2D eigenvalue weighted by atomic mass is 9.99. The second-order valence-corrected chi connectivity index (χ2v) is 5.86. The summed E-state index contributed by atoms with van der Waals surface area (Å²) in [5.41, 5.74) is 3.36. The van der Waals surface area contributed by atoms with Gasteiger partial charge >= 0.3 is 0 Å². The molecule has 1 heterocycles. The van der Waals surface area contributed by atoms with Gasteiger partial charge in [0.1, 0.15) is 0 Å². The first kappa shape index (κ1) is 17.8. The fraction of sp³-hybridized carbons (Fsp3) is 0.250. The highest BCUT2D eigenvalue weighted by molar-refractivity contribution is 5.94. The Morgan fingerprint density at radius 3 is 2.62 bits per heavy atom. The molecule has 1 aromatic heterocycles. The van der Waals surface area contributed by atoms with Gasteiger partial charge in [0.05, 0.1) is 6.61 Å². The van der Waals surface area contributed by atoms with E-state index in [0.29, 0.717) is 30.2 Å². The summed E-state index contributed by atoms with van der Waals surface area (Å²) >= 11 is 0. The van der Waals surface area contributed by atoms with Gasteiger partial charge in [-0.15, -0.1) is 0 Å². The molecule has 0 aliphatic carbocycles. The molecular formula is C20H21N3O3. The zero-order valence-corrected chi connectivity index (χ0v) is 14.6. The molecule has 26 heavy (non-hydrogen) atoms. The number of hydrogen-bond donors (Lipinski definition) is 2. The Kier molecular flexibility index (Phi) is 5.76. The minimum atomic E-state index is -0.151. The summed E-state index contributed by atoms with van der Waals surface area (Å²) < 4.78 is 5.10. The van der Waals surface area contributed by atoms with E-state index in [2.05, 4.69) is 15.5 Å². The van der Waals surface area contributed by atoms with E-state index in [-0.39, 0.29) is 12.5 Å². The standard InChI is InChI=1S/C20H21N3O3/c1-2-18-22-19(26-23-18)11-12-21-20(25)15-9-7-14(8-10-15)17-6-4-3-5-16(17)13-24/h3-10,24H,2,11-13H2,1H3,(H,21,25). The molecule has 6 heteroatoms. The monoisotopic (exact) mass is 351 g/mol. The van der Waals surface area contributed by atoms with Crippen LogP contribution in [0.15, 0.2) is 53.1 Å². The predicted octanol–water partition coefficient (Wildman–Crippen LogP) is 2.76. The maximum atomic E-state index is 12.2. The maximum Gasteiger partial charge on any atom is 0.251 e. The number of aliphatic hydroxyl groups excluding tert-OH is 1. The lowest BCUT2D eigenvalue weighted by Gasteiger charge is -2.08. The van der Waals surface area contributed by atoms with E-state index in [9.17, 15) is 9.90 Å². The molecule has 0 saturated carbocycles. The van der Waals surface area contributed by atoms with Crippen molar-refractivity contribution in [2.75, 3.05) is 6.54 Å². The molecule has 3 aromatic rings. The van der Waals surface area contributed by atoms with Crippen LogP contribution in [0, 0.1) is 0 Å². The molecule has 0 unspecified atom stereocenters. The molecule has 0 fully saturated rings. The fourth-order valence-corrected chi connectivity index (χ4v) is 2.66. The van der Waals surface area contributed by atoms with Crippen molar-refractivity contribution < 1.29 is 14.4 Å². The topological polar surface area (TPSA) is 88.2 Å². The molecule has 0 bridgehead atoms. The number of aryl methyl sites for hydroxylation is 1. The number of carbonyl (C=O) groups is 1. The normalized spacial score (nSPS) is 10.7. The third-order valence-electron chi connectivity index (χ3n) is 4.10. The Balaban J connectivity index is 1.60. The molecule has 1 amide bonds. The molecule has 2 N–H and O–H groups in total. The van der Waals surface area contributed by atoms with Crippen LogP contribution in [0.2, 0.25) is 0 Å². The molecular weight excluding hydrogens is 330 g/mol. The minimum Gasteiger partial charge on any atom is -0.392 e. The number of benzene rings is 2. The van der Waals surface area contributed by atoms with Crippen LogP contribution in [0.3, 0.4) is 0 Å². The number of aromatic nitrogens is 2. The molecule has 0 spiro atoms. The van der Waals surface area contributed by atoms with Gasteiger partial charge in [0.25, 0.3) is 5.91 Å². The van der Waals surface area contributed by atoms with Gasteiger partial charge in [-0.25, -0.2) is 0 Å². The summed E-state index contributed by atoms with van der Waals surface area (Å²) in [5.74, 6) is 1.05. The van der Waals surface area contributed by atoms with Crippen molar-refractivity contribution in [3.63, 3.8) is 0 Å². The van der Waals surface area contributed by atoms with Crippen molar-refractivity contribution in [3.8, 4) is 11.1 Å². The van der Waals surface area contributed by atoms with E-state index < -0.39 is 0 Å². The number of nitrogens with zero attached hydrogens (tertiary/aromatic N) is 2. The third kappa shape index (κ3) is 4.15. The average Bonchev–Trinajstić information content (AvgIpc) is 3.16. The molecule has 3 rings (SSSR count). The van der Waals surface area contributed by atoms with Crippen LogP contribution in [0.5, 0.6) is 0 Å². The molecule has 0 saturated heterocycles. The smallest absolute Gasteiger partial charge is 0.251 e. The van der Waals surface area contributed by atoms with Crippen LogP contribution < -0.4 is 5.32 Å². The van der Waals surface area contributed by atoms with Crippen LogP contribution in [0.4, 0.5) is 0 Å². The van der Waals surface area contributed by atoms with Crippen LogP contribution >= 0.6 is 0 Å². The van der Waals surface area contributed by atoms with Gasteiger partial charge in [-0.1, -0.05) is 48.5 Å². The molecule has 6 nitrogen and oxygen atoms in total. The Bertz CT molecular complexity index is 872. The third-order valence-corrected chi connectivity index (χ3v) is 4.10.